The number of pyridine rings is 1. The van der Waals surface area contributed by atoms with Crippen molar-refractivity contribution in [1.29, 1.82) is 0 Å². The van der Waals surface area contributed by atoms with Crippen LogP contribution in [0.1, 0.15) is 12.5 Å². The summed E-state index contributed by atoms with van der Waals surface area (Å²) < 4.78 is 7.45. The van der Waals surface area contributed by atoms with Gasteiger partial charge >= 0.3 is 0 Å². The van der Waals surface area contributed by atoms with Crippen LogP contribution >= 0.6 is 11.8 Å². The summed E-state index contributed by atoms with van der Waals surface area (Å²) in [6.07, 6.45) is 5.04. The molecule has 0 aliphatic rings. The molecule has 0 saturated heterocycles. The Morgan fingerprint density at radius 3 is 2.64 bits per heavy atom. The maximum atomic E-state index is 12.3. The number of hydrogen-bond acceptors (Lipinski definition) is 7. The van der Waals surface area contributed by atoms with Gasteiger partial charge in [0.15, 0.2) is 11.0 Å². The van der Waals surface area contributed by atoms with Gasteiger partial charge in [0.1, 0.15) is 5.75 Å². The SMILES string of the molecule is CCOc1ccc(-n2c(SCC(=O)NN=Cc3ccccc3)nnc2-c2cccnc2)cc1. The van der Waals surface area contributed by atoms with Gasteiger partial charge in [0.2, 0.25) is 0 Å². The van der Waals surface area contributed by atoms with E-state index in [1.165, 1.54) is 11.8 Å². The zero-order chi connectivity index (χ0) is 22.9. The van der Waals surface area contributed by atoms with Crippen LogP contribution in [-0.2, 0) is 4.79 Å². The summed E-state index contributed by atoms with van der Waals surface area (Å²) in [6.45, 7) is 2.54. The topological polar surface area (TPSA) is 94.3 Å². The smallest absolute Gasteiger partial charge is 0.250 e. The third-order valence-corrected chi connectivity index (χ3v) is 5.42. The highest BCUT2D eigenvalue weighted by atomic mass is 32.2. The Morgan fingerprint density at radius 1 is 1.09 bits per heavy atom. The molecule has 166 valence electrons. The minimum absolute atomic E-state index is 0.133. The first-order valence-corrected chi connectivity index (χ1v) is 11.3. The van der Waals surface area contributed by atoms with E-state index in [1.807, 2.05) is 78.2 Å². The molecule has 0 bridgehead atoms. The van der Waals surface area contributed by atoms with Gasteiger partial charge in [-0.1, -0.05) is 42.1 Å². The molecule has 0 saturated carbocycles. The molecule has 2 aromatic heterocycles. The van der Waals surface area contributed by atoms with Gasteiger partial charge in [0.05, 0.1) is 18.6 Å². The second-order valence-corrected chi connectivity index (χ2v) is 7.75. The van der Waals surface area contributed by atoms with Gasteiger partial charge in [-0.3, -0.25) is 14.3 Å². The lowest BCUT2D eigenvalue weighted by Crippen LogP contribution is -2.20. The van der Waals surface area contributed by atoms with E-state index in [0.717, 1.165) is 22.6 Å². The Morgan fingerprint density at radius 2 is 1.91 bits per heavy atom. The summed E-state index contributed by atoms with van der Waals surface area (Å²) >= 11 is 1.28. The van der Waals surface area contributed by atoms with E-state index in [9.17, 15) is 4.79 Å². The average Bonchev–Trinajstić information content (AvgIpc) is 3.29. The molecule has 0 atom stereocenters. The Balaban J connectivity index is 1.52. The number of carbonyl (C=O) groups is 1. The number of hydrogen-bond donors (Lipinski definition) is 1. The lowest BCUT2D eigenvalue weighted by atomic mass is 10.2. The number of nitrogens with zero attached hydrogens (tertiary/aromatic N) is 5. The van der Waals surface area contributed by atoms with Crippen molar-refractivity contribution >= 4 is 23.9 Å². The predicted octanol–water partition coefficient (Wildman–Crippen LogP) is 3.97. The molecule has 0 fully saturated rings. The van der Waals surface area contributed by atoms with Crippen molar-refractivity contribution in [2.75, 3.05) is 12.4 Å². The van der Waals surface area contributed by atoms with Gasteiger partial charge in [-0.15, -0.1) is 10.2 Å². The number of amides is 1. The summed E-state index contributed by atoms with van der Waals surface area (Å²) in [5, 5.41) is 13.3. The third-order valence-electron chi connectivity index (χ3n) is 4.49. The van der Waals surface area contributed by atoms with Crippen molar-refractivity contribution in [2.24, 2.45) is 5.10 Å². The van der Waals surface area contributed by atoms with Gasteiger partial charge in [-0.2, -0.15) is 5.10 Å². The van der Waals surface area contributed by atoms with Crippen molar-refractivity contribution in [3.8, 4) is 22.8 Å². The van der Waals surface area contributed by atoms with E-state index < -0.39 is 0 Å². The number of carbonyl (C=O) groups excluding carboxylic acids is 1. The van der Waals surface area contributed by atoms with Crippen LogP contribution < -0.4 is 10.2 Å². The van der Waals surface area contributed by atoms with Crippen molar-refractivity contribution in [3.63, 3.8) is 0 Å². The first kappa shape index (κ1) is 22.2. The van der Waals surface area contributed by atoms with Crippen LogP contribution in [0.3, 0.4) is 0 Å². The van der Waals surface area contributed by atoms with Crippen LogP contribution in [0.2, 0.25) is 0 Å². The lowest BCUT2D eigenvalue weighted by molar-refractivity contribution is -0.118. The van der Waals surface area contributed by atoms with Gasteiger partial charge in [0.25, 0.3) is 5.91 Å². The van der Waals surface area contributed by atoms with Crippen LogP contribution in [0.5, 0.6) is 5.75 Å². The lowest BCUT2D eigenvalue weighted by Gasteiger charge is -2.11. The molecule has 2 aromatic carbocycles. The normalized spacial score (nSPS) is 10.9. The first-order chi connectivity index (χ1) is 16.2. The van der Waals surface area contributed by atoms with Gasteiger partial charge < -0.3 is 4.74 Å². The van der Waals surface area contributed by atoms with Crippen LogP contribution in [0.25, 0.3) is 17.1 Å². The molecule has 0 aliphatic heterocycles. The highest BCUT2D eigenvalue weighted by Crippen LogP contribution is 2.28. The number of aromatic nitrogens is 4. The second-order valence-electron chi connectivity index (χ2n) is 6.80. The molecule has 0 aliphatic carbocycles. The van der Waals surface area contributed by atoms with Crippen molar-refractivity contribution in [3.05, 3.63) is 84.7 Å². The fourth-order valence-electron chi connectivity index (χ4n) is 3.02. The summed E-state index contributed by atoms with van der Waals surface area (Å²) in [7, 11) is 0. The number of ether oxygens (including phenoxy) is 1. The molecule has 4 aromatic rings. The number of hydrazone groups is 1. The monoisotopic (exact) mass is 458 g/mol. The molecule has 9 heteroatoms. The highest BCUT2D eigenvalue weighted by molar-refractivity contribution is 7.99. The van der Waals surface area contributed by atoms with E-state index in [4.69, 9.17) is 4.74 Å². The Bertz CT molecular complexity index is 1210. The summed E-state index contributed by atoms with van der Waals surface area (Å²) in [5.74, 6) is 1.31. The van der Waals surface area contributed by atoms with Gasteiger partial charge in [-0.25, -0.2) is 5.43 Å². The average molecular weight is 459 g/mol. The summed E-state index contributed by atoms with van der Waals surface area (Å²) in [6, 6.07) is 21.0. The van der Waals surface area contributed by atoms with E-state index in [1.54, 1.807) is 18.6 Å². The standard InChI is InChI=1S/C24H22N6O2S/c1-2-32-21-12-10-20(11-13-21)30-23(19-9-6-14-25-16-19)28-29-24(30)33-17-22(31)27-26-15-18-7-4-3-5-8-18/h3-16H,2,17H2,1H3,(H,27,31). The number of thioether (sulfide) groups is 1. The molecule has 0 spiro atoms. The van der Waals surface area contributed by atoms with E-state index in [0.29, 0.717) is 17.6 Å². The van der Waals surface area contributed by atoms with Crippen molar-refractivity contribution in [1.82, 2.24) is 25.2 Å². The van der Waals surface area contributed by atoms with Gasteiger partial charge in [-0.05, 0) is 48.9 Å². The molecule has 1 N–H and O–H groups in total. The quantitative estimate of drug-likeness (QED) is 0.232. The largest absolute Gasteiger partial charge is 0.494 e. The molecule has 0 unspecified atom stereocenters. The van der Waals surface area contributed by atoms with Crippen molar-refractivity contribution in [2.45, 2.75) is 12.1 Å². The highest BCUT2D eigenvalue weighted by Gasteiger charge is 2.17. The molecule has 2 heterocycles. The summed E-state index contributed by atoms with van der Waals surface area (Å²) in [4.78, 5) is 16.5. The van der Waals surface area contributed by atoms with Gasteiger partial charge in [0, 0.05) is 23.6 Å². The first-order valence-electron chi connectivity index (χ1n) is 10.3. The zero-order valence-corrected chi connectivity index (χ0v) is 18.8. The third kappa shape index (κ3) is 5.83. The zero-order valence-electron chi connectivity index (χ0n) is 18.0. The maximum absolute atomic E-state index is 12.3. The second kappa shape index (κ2) is 11.1. The number of rotatable bonds is 9. The number of nitrogens with one attached hydrogen (secondary N) is 1. The van der Waals surface area contributed by atoms with Crippen LogP contribution in [0.4, 0.5) is 0 Å². The fourth-order valence-corrected chi connectivity index (χ4v) is 3.76. The van der Waals surface area contributed by atoms with E-state index >= 15 is 0 Å². The molecular formula is C24H22N6O2S. The van der Waals surface area contributed by atoms with Crippen LogP contribution in [0, 0.1) is 0 Å². The van der Waals surface area contributed by atoms with Crippen LogP contribution in [0.15, 0.2) is 89.4 Å². The predicted molar refractivity (Wildman–Crippen MR) is 129 cm³/mol. The van der Waals surface area contributed by atoms with Crippen molar-refractivity contribution < 1.29 is 9.53 Å². The Hall–Kier alpha value is -3.98. The van der Waals surface area contributed by atoms with Crippen LogP contribution in [-0.4, -0.2) is 44.2 Å². The molecule has 0 radical (unpaired) electrons. The molecule has 8 nitrogen and oxygen atoms in total. The summed E-state index contributed by atoms with van der Waals surface area (Å²) in [5.41, 5.74) is 5.13. The Kier molecular flexibility index (Phi) is 7.44. The maximum Gasteiger partial charge on any atom is 0.250 e. The molecular weight excluding hydrogens is 436 g/mol. The number of benzene rings is 2. The molecule has 1 amide bonds. The van der Waals surface area contributed by atoms with E-state index in [2.05, 4.69) is 25.7 Å². The molecule has 33 heavy (non-hydrogen) atoms. The van der Waals surface area contributed by atoms with E-state index in [-0.39, 0.29) is 11.7 Å². The minimum Gasteiger partial charge on any atom is -0.494 e. The Labute approximate surface area is 195 Å². The molecule has 4 rings (SSSR count). The minimum atomic E-state index is -0.239. The fraction of sp³-hybridized carbons (Fsp3) is 0.125.